The van der Waals surface area contributed by atoms with Crippen LogP contribution in [-0.2, 0) is 6.54 Å². The number of nitrogens with two attached hydrogens (primary N) is 1. The standard InChI is InChI=1S/C23H19N9/c1-26-11-9-18(27-2)19-20(16-7-5-6-15(12-16)13-24)29-23(25)22-21(19)30-32(31-22)14-17-8-3-4-10-28-17/h3-12H,1,14H2,2H3,(H2,25,29)/b11-9-,27-18+. The molecule has 0 aliphatic rings. The number of allylic oxidation sites excluding steroid dienone is 1. The summed E-state index contributed by atoms with van der Waals surface area (Å²) in [5.74, 6) is 0.231. The molecule has 0 saturated heterocycles. The number of nitrogens with zero attached hydrogens (tertiary/aromatic N) is 8. The highest BCUT2D eigenvalue weighted by atomic mass is 15.5. The van der Waals surface area contributed by atoms with Gasteiger partial charge in [0.05, 0.1) is 34.3 Å². The maximum atomic E-state index is 9.34. The molecule has 0 atom stereocenters. The largest absolute Gasteiger partial charge is 0.382 e. The maximum absolute atomic E-state index is 9.34. The van der Waals surface area contributed by atoms with Gasteiger partial charge in [-0.1, -0.05) is 18.2 Å². The Morgan fingerprint density at radius 2 is 2.06 bits per heavy atom. The van der Waals surface area contributed by atoms with E-state index in [1.807, 2.05) is 24.3 Å². The Bertz CT molecular complexity index is 1390. The SMILES string of the molecule is C=N/C=C\C(=N/C)c1c(-c2cccc(C#N)c2)nc(N)c2nn(Cc3ccccn3)nc12. The van der Waals surface area contributed by atoms with Crippen molar-refractivity contribution < 1.29 is 0 Å². The number of hydrogen-bond acceptors (Lipinski definition) is 8. The summed E-state index contributed by atoms with van der Waals surface area (Å²) in [6.07, 6.45) is 4.97. The van der Waals surface area contributed by atoms with Crippen LogP contribution in [0.25, 0.3) is 22.3 Å². The molecule has 0 spiro atoms. The Morgan fingerprint density at radius 3 is 2.78 bits per heavy atom. The van der Waals surface area contributed by atoms with E-state index in [9.17, 15) is 5.26 Å². The first-order valence-corrected chi connectivity index (χ1v) is 9.69. The van der Waals surface area contributed by atoms with Crippen LogP contribution in [0.2, 0.25) is 0 Å². The number of aliphatic imine (C=N–C) groups is 2. The number of pyridine rings is 2. The molecule has 0 fully saturated rings. The van der Waals surface area contributed by atoms with E-state index in [1.165, 1.54) is 11.0 Å². The second-order valence-corrected chi connectivity index (χ2v) is 6.77. The van der Waals surface area contributed by atoms with E-state index in [2.05, 4.69) is 37.8 Å². The first kappa shape index (κ1) is 20.6. The summed E-state index contributed by atoms with van der Waals surface area (Å²) in [6.45, 7) is 3.86. The first-order chi connectivity index (χ1) is 15.6. The average Bonchev–Trinajstić information content (AvgIpc) is 3.25. The summed E-state index contributed by atoms with van der Waals surface area (Å²) in [7, 11) is 1.67. The van der Waals surface area contributed by atoms with Crippen molar-refractivity contribution in [2.45, 2.75) is 6.54 Å². The van der Waals surface area contributed by atoms with Crippen LogP contribution in [0.4, 0.5) is 5.82 Å². The average molecular weight is 421 g/mol. The minimum atomic E-state index is 0.231. The Balaban J connectivity index is 1.98. The summed E-state index contributed by atoms with van der Waals surface area (Å²) >= 11 is 0. The van der Waals surface area contributed by atoms with Crippen molar-refractivity contribution in [1.82, 2.24) is 25.0 Å². The molecule has 2 N–H and O–H groups in total. The third-order valence-electron chi connectivity index (χ3n) is 4.73. The molecular weight excluding hydrogens is 402 g/mol. The number of nitriles is 1. The second kappa shape index (κ2) is 8.97. The Labute approximate surface area is 184 Å². The molecule has 1 aromatic carbocycles. The predicted molar refractivity (Wildman–Crippen MR) is 124 cm³/mol. The van der Waals surface area contributed by atoms with Crippen LogP contribution in [0.15, 0.2) is 70.9 Å². The van der Waals surface area contributed by atoms with Crippen LogP contribution in [0, 0.1) is 11.3 Å². The van der Waals surface area contributed by atoms with Gasteiger partial charge in [0.1, 0.15) is 12.1 Å². The van der Waals surface area contributed by atoms with E-state index in [1.54, 1.807) is 37.5 Å². The van der Waals surface area contributed by atoms with Gasteiger partial charge in [-0.05, 0) is 37.1 Å². The molecule has 3 heterocycles. The topological polar surface area (TPSA) is 131 Å². The van der Waals surface area contributed by atoms with Gasteiger partial charge < -0.3 is 5.73 Å². The number of hydrogen-bond donors (Lipinski definition) is 1. The molecule has 4 rings (SSSR count). The smallest absolute Gasteiger partial charge is 0.156 e. The summed E-state index contributed by atoms with van der Waals surface area (Å²) < 4.78 is 0. The van der Waals surface area contributed by atoms with Gasteiger partial charge in [0.2, 0.25) is 0 Å². The van der Waals surface area contributed by atoms with Gasteiger partial charge in [-0.25, -0.2) is 4.98 Å². The van der Waals surface area contributed by atoms with Crippen LogP contribution >= 0.6 is 0 Å². The van der Waals surface area contributed by atoms with Gasteiger partial charge in [-0.15, -0.1) is 5.10 Å². The van der Waals surface area contributed by atoms with E-state index < -0.39 is 0 Å². The van der Waals surface area contributed by atoms with E-state index in [4.69, 9.17) is 10.8 Å². The van der Waals surface area contributed by atoms with Crippen molar-refractivity contribution in [1.29, 1.82) is 5.26 Å². The molecule has 9 heteroatoms. The Hall–Kier alpha value is -4.71. The van der Waals surface area contributed by atoms with Crippen LogP contribution in [0.5, 0.6) is 0 Å². The van der Waals surface area contributed by atoms with Crippen molar-refractivity contribution >= 4 is 29.3 Å². The molecular formula is C23H19N9. The Kier molecular flexibility index (Phi) is 5.76. The van der Waals surface area contributed by atoms with Crippen molar-refractivity contribution in [3.8, 4) is 17.3 Å². The monoisotopic (exact) mass is 421 g/mol. The molecule has 0 aliphatic carbocycles. The number of anilines is 1. The van der Waals surface area contributed by atoms with Gasteiger partial charge in [0.15, 0.2) is 11.3 Å². The first-order valence-electron chi connectivity index (χ1n) is 9.69. The van der Waals surface area contributed by atoms with Gasteiger partial charge in [-0.3, -0.25) is 15.0 Å². The molecule has 0 bridgehead atoms. The molecule has 0 saturated carbocycles. The fraction of sp³-hybridized carbons (Fsp3) is 0.0870. The number of fused-ring (bicyclic) bond motifs is 1. The van der Waals surface area contributed by atoms with Crippen molar-refractivity contribution in [2.24, 2.45) is 9.98 Å². The maximum Gasteiger partial charge on any atom is 0.156 e. The van der Waals surface area contributed by atoms with E-state index in [0.717, 1.165) is 5.69 Å². The predicted octanol–water partition coefficient (Wildman–Crippen LogP) is 3.02. The summed E-state index contributed by atoms with van der Waals surface area (Å²) in [6, 6.07) is 14.9. The van der Waals surface area contributed by atoms with Crippen molar-refractivity contribution in [3.63, 3.8) is 0 Å². The third-order valence-corrected chi connectivity index (χ3v) is 4.73. The van der Waals surface area contributed by atoms with Crippen LogP contribution in [-0.4, -0.2) is 44.4 Å². The molecule has 32 heavy (non-hydrogen) atoms. The van der Waals surface area contributed by atoms with E-state index >= 15 is 0 Å². The van der Waals surface area contributed by atoms with Gasteiger partial charge in [0, 0.05) is 25.0 Å². The van der Waals surface area contributed by atoms with Gasteiger partial charge >= 0.3 is 0 Å². The highest BCUT2D eigenvalue weighted by Crippen LogP contribution is 2.31. The van der Waals surface area contributed by atoms with Crippen molar-refractivity contribution in [3.05, 3.63) is 77.8 Å². The molecule has 156 valence electrons. The second-order valence-electron chi connectivity index (χ2n) is 6.77. The molecule has 0 radical (unpaired) electrons. The summed E-state index contributed by atoms with van der Waals surface area (Å²) in [5.41, 5.74) is 11.1. The lowest BCUT2D eigenvalue weighted by atomic mass is 9.99. The number of rotatable bonds is 6. The fourth-order valence-electron chi connectivity index (χ4n) is 3.32. The normalized spacial score (nSPS) is 11.7. The van der Waals surface area contributed by atoms with Crippen LogP contribution < -0.4 is 5.73 Å². The summed E-state index contributed by atoms with van der Waals surface area (Å²) in [4.78, 5) is 18.7. The molecule has 4 aromatic rings. The zero-order chi connectivity index (χ0) is 22.5. The fourth-order valence-corrected chi connectivity index (χ4v) is 3.32. The number of aromatic nitrogens is 5. The highest BCUT2D eigenvalue weighted by molar-refractivity contribution is 6.19. The molecule has 3 aromatic heterocycles. The number of benzene rings is 1. The van der Waals surface area contributed by atoms with Crippen LogP contribution in [0.3, 0.4) is 0 Å². The lowest BCUT2D eigenvalue weighted by Crippen LogP contribution is -2.07. The molecule has 0 amide bonds. The Morgan fingerprint density at radius 1 is 1.22 bits per heavy atom. The highest BCUT2D eigenvalue weighted by Gasteiger charge is 2.22. The molecule has 0 unspecified atom stereocenters. The van der Waals surface area contributed by atoms with Crippen LogP contribution in [0.1, 0.15) is 16.8 Å². The zero-order valence-electron chi connectivity index (χ0n) is 17.3. The molecule has 9 nitrogen and oxygen atoms in total. The minimum absolute atomic E-state index is 0.231. The zero-order valence-corrected chi connectivity index (χ0v) is 17.3. The van der Waals surface area contributed by atoms with Crippen molar-refractivity contribution in [2.75, 3.05) is 12.8 Å². The van der Waals surface area contributed by atoms with Gasteiger partial charge in [-0.2, -0.15) is 15.2 Å². The van der Waals surface area contributed by atoms with Gasteiger partial charge in [0.25, 0.3) is 0 Å². The summed E-state index contributed by atoms with van der Waals surface area (Å²) in [5, 5.41) is 18.6. The van der Waals surface area contributed by atoms with E-state index in [0.29, 0.717) is 45.7 Å². The van der Waals surface area contributed by atoms with E-state index in [-0.39, 0.29) is 5.82 Å². The quantitative estimate of drug-likeness (QED) is 0.476. The number of nitrogen functional groups attached to an aromatic ring is 1. The lowest BCUT2D eigenvalue weighted by molar-refractivity contribution is 0.591. The molecule has 0 aliphatic heterocycles. The third kappa shape index (κ3) is 3.97. The minimum Gasteiger partial charge on any atom is -0.382 e. The lowest BCUT2D eigenvalue weighted by Gasteiger charge is -2.11.